The number of amides is 2. The number of benzene rings is 2. The van der Waals surface area contributed by atoms with Crippen LogP contribution in [0.1, 0.15) is 49.5 Å². The van der Waals surface area contributed by atoms with E-state index in [9.17, 15) is 4.79 Å². The molecular formula is C24H28N4O. The van der Waals surface area contributed by atoms with Crippen LogP contribution >= 0.6 is 0 Å². The zero-order valence-electron chi connectivity index (χ0n) is 17.1. The molecule has 0 aliphatic heterocycles. The topological polar surface area (TPSA) is 50.2 Å². The van der Waals surface area contributed by atoms with Crippen molar-refractivity contribution in [1.82, 2.24) is 9.55 Å². The number of carbonyl (C=O) groups is 1. The van der Waals surface area contributed by atoms with Crippen LogP contribution in [0.4, 0.5) is 22.1 Å². The summed E-state index contributed by atoms with van der Waals surface area (Å²) in [5.74, 6) is 0.700. The first-order valence-electron chi connectivity index (χ1n) is 10.4. The molecule has 0 atom stereocenters. The van der Waals surface area contributed by atoms with E-state index in [1.54, 1.807) is 4.90 Å². The third-order valence-corrected chi connectivity index (χ3v) is 5.75. The molecule has 1 aromatic heterocycles. The van der Waals surface area contributed by atoms with Gasteiger partial charge in [-0.3, -0.25) is 0 Å². The maximum atomic E-state index is 13.4. The molecule has 2 amide bonds. The van der Waals surface area contributed by atoms with Gasteiger partial charge in [-0.15, -0.1) is 0 Å². The molecule has 4 rings (SSSR count). The molecule has 1 aliphatic rings. The fourth-order valence-corrected chi connectivity index (χ4v) is 4.14. The molecule has 3 aromatic rings. The van der Waals surface area contributed by atoms with Crippen molar-refractivity contribution in [2.75, 3.05) is 10.2 Å². The lowest BCUT2D eigenvalue weighted by molar-refractivity contribution is 0.258. The molecule has 1 fully saturated rings. The van der Waals surface area contributed by atoms with Crippen molar-refractivity contribution in [3.8, 4) is 0 Å². The van der Waals surface area contributed by atoms with Gasteiger partial charge in [-0.25, -0.2) is 14.7 Å². The van der Waals surface area contributed by atoms with Crippen LogP contribution in [0.15, 0.2) is 60.7 Å². The summed E-state index contributed by atoms with van der Waals surface area (Å²) < 4.78 is 2.28. The van der Waals surface area contributed by atoms with Crippen LogP contribution in [0.3, 0.4) is 0 Å². The van der Waals surface area contributed by atoms with E-state index < -0.39 is 0 Å². The van der Waals surface area contributed by atoms with Crippen LogP contribution in [0, 0.1) is 13.8 Å². The number of nitrogens with zero attached hydrogens (tertiary/aromatic N) is 3. The molecule has 2 aromatic carbocycles. The number of aryl methyl sites for hydroxylation is 1. The Morgan fingerprint density at radius 1 is 0.966 bits per heavy atom. The molecule has 5 heteroatoms. The van der Waals surface area contributed by atoms with Crippen molar-refractivity contribution in [2.24, 2.45) is 0 Å². The van der Waals surface area contributed by atoms with Crippen molar-refractivity contribution < 1.29 is 4.79 Å². The monoisotopic (exact) mass is 388 g/mol. The van der Waals surface area contributed by atoms with Gasteiger partial charge in [0.1, 0.15) is 0 Å². The van der Waals surface area contributed by atoms with Crippen molar-refractivity contribution in [1.29, 1.82) is 0 Å². The fraction of sp³-hybridized carbons (Fsp3) is 0.333. The average molecular weight is 389 g/mol. The predicted octanol–water partition coefficient (Wildman–Crippen LogP) is 6.38. The number of hydrogen-bond donors (Lipinski definition) is 1. The molecular weight excluding hydrogens is 360 g/mol. The molecule has 0 unspecified atom stereocenters. The number of carbonyl (C=O) groups excluding carboxylic acids is 1. The molecule has 1 N–H and O–H groups in total. The number of nitrogens with one attached hydrogen (secondary N) is 1. The minimum Gasteiger partial charge on any atom is -0.311 e. The standard InChI is InChI=1S/C24H28N4O/c1-18-19(2)27(21-14-8-4-9-15-21)23(25-18)28(22-16-10-5-11-17-22)24(29)26-20-12-6-3-7-13-20/h3,5-7,10-13,16-17,21H,4,8-9,14-15H2,1-2H3,(H,26,29). The summed E-state index contributed by atoms with van der Waals surface area (Å²) in [6.07, 6.45) is 6.00. The number of hydrogen-bond acceptors (Lipinski definition) is 2. The van der Waals surface area contributed by atoms with Gasteiger partial charge in [-0.1, -0.05) is 55.7 Å². The average Bonchev–Trinajstić information content (AvgIpc) is 3.04. The number of anilines is 3. The summed E-state index contributed by atoms with van der Waals surface area (Å²) in [7, 11) is 0. The normalized spacial score (nSPS) is 14.6. The second-order valence-electron chi connectivity index (χ2n) is 7.71. The van der Waals surface area contributed by atoms with Gasteiger partial charge in [0.25, 0.3) is 0 Å². The number of para-hydroxylation sites is 2. The molecule has 150 valence electrons. The van der Waals surface area contributed by atoms with Crippen molar-refractivity contribution >= 4 is 23.4 Å². The first-order valence-corrected chi connectivity index (χ1v) is 10.4. The summed E-state index contributed by atoms with van der Waals surface area (Å²) in [4.78, 5) is 20.0. The Kier molecular flexibility index (Phi) is 5.65. The van der Waals surface area contributed by atoms with E-state index in [1.807, 2.05) is 67.6 Å². The summed E-state index contributed by atoms with van der Waals surface area (Å²) in [6, 6.07) is 19.5. The minimum atomic E-state index is -0.204. The first kappa shape index (κ1) is 19.2. The third kappa shape index (κ3) is 4.04. The van der Waals surface area contributed by atoms with Crippen LogP contribution in [-0.4, -0.2) is 15.6 Å². The summed E-state index contributed by atoms with van der Waals surface area (Å²) in [5.41, 5.74) is 3.69. The van der Waals surface area contributed by atoms with Gasteiger partial charge < -0.3 is 9.88 Å². The number of imidazole rings is 1. The molecule has 29 heavy (non-hydrogen) atoms. The SMILES string of the molecule is Cc1nc(N(C(=O)Nc2ccccc2)c2ccccc2)n(C2CCCCC2)c1C. The van der Waals surface area contributed by atoms with Gasteiger partial charge >= 0.3 is 6.03 Å². The van der Waals surface area contributed by atoms with Gasteiger partial charge in [-0.2, -0.15) is 0 Å². The highest BCUT2D eigenvalue weighted by Crippen LogP contribution is 2.36. The molecule has 1 heterocycles. The smallest absolute Gasteiger partial charge is 0.311 e. The Labute approximate surface area is 172 Å². The number of urea groups is 1. The molecule has 1 aliphatic carbocycles. The predicted molar refractivity (Wildman–Crippen MR) is 118 cm³/mol. The van der Waals surface area contributed by atoms with E-state index >= 15 is 0 Å². The third-order valence-electron chi connectivity index (χ3n) is 5.75. The maximum Gasteiger partial charge on any atom is 0.333 e. The lowest BCUT2D eigenvalue weighted by atomic mass is 9.95. The van der Waals surface area contributed by atoms with Crippen molar-refractivity contribution in [2.45, 2.75) is 52.0 Å². The Morgan fingerprint density at radius 3 is 2.24 bits per heavy atom. The van der Waals surface area contributed by atoms with Gasteiger partial charge in [0.2, 0.25) is 5.95 Å². The Hall–Kier alpha value is -3.08. The zero-order chi connectivity index (χ0) is 20.2. The highest BCUT2D eigenvalue weighted by atomic mass is 16.2. The highest BCUT2D eigenvalue weighted by Gasteiger charge is 2.29. The van der Waals surface area contributed by atoms with Crippen LogP contribution < -0.4 is 10.2 Å². The van der Waals surface area contributed by atoms with Gasteiger partial charge in [0.05, 0.1) is 11.4 Å². The van der Waals surface area contributed by atoms with E-state index in [4.69, 9.17) is 4.98 Å². The van der Waals surface area contributed by atoms with Gasteiger partial charge in [0.15, 0.2) is 0 Å². The van der Waals surface area contributed by atoms with Crippen LogP contribution in [-0.2, 0) is 0 Å². The quantitative estimate of drug-likeness (QED) is 0.564. The van der Waals surface area contributed by atoms with Gasteiger partial charge in [-0.05, 0) is 51.0 Å². The molecule has 1 saturated carbocycles. The maximum absolute atomic E-state index is 13.4. The van der Waals surface area contributed by atoms with Crippen molar-refractivity contribution in [3.05, 3.63) is 72.1 Å². The Balaban J connectivity index is 1.78. The zero-order valence-corrected chi connectivity index (χ0v) is 17.1. The van der Waals surface area contributed by atoms with E-state index in [0.717, 1.165) is 35.6 Å². The Morgan fingerprint density at radius 2 is 1.59 bits per heavy atom. The van der Waals surface area contributed by atoms with Gasteiger partial charge in [0, 0.05) is 17.4 Å². The van der Waals surface area contributed by atoms with E-state index in [2.05, 4.69) is 16.8 Å². The largest absolute Gasteiger partial charge is 0.333 e. The first-order chi connectivity index (χ1) is 14.1. The van der Waals surface area contributed by atoms with Crippen LogP contribution in [0.25, 0.3) is 0 Å². The summed E-state index contributed by atoms with van der Waals surface area (Å²) >= 11 is 0. The second-order valence-corrected chi connectivity index (χ2v) is 7.71. The molecule has 0 saturated heterocycles. The lowest BCUT2D eigenvalue weighted by Gasteiger charge is -2.30. The Bertz CT molecular complexity index is 959. The fourth-order valence-electron chi connectivity index (χ4n) is 4.14. The summed E-state index contributed by atoms with van der Waals surface area (Å²) in [5, 5.41) is 3.03. The summed E-state index contributed by atoms with van der Waals surface area (Å²) in [6.45, 7) is 4.13. The number of rotatable bonds is 4. The highest BCUT2D eigenvalue weighted by molar-refractivity contribution is 6.06. The molecule has 0 radical (unpaired) electrons. The van der Waals surface area contributed by atoms with Crippen LogP contribution in [0.5, 0.6) is 0 Å². The number of aromatic nitrogens is 2. The van der Waals surface area contributed by atoms with E-state index in [1.165, 1.54) is 19.3 Å². The molecule has 0 bridgehead atoms. The van der Waals surface area contributed by atoms with E-state index in [-0.39, 0.29) is 6.03 Å². The second kappa shape index (κ2) is 8.52. The minimum absolute atomic E-state index is 0.204. The van der Waals surface area contributed by atoms with Crippen LogP contribution in [0.2, 0.25) is 0 Å². The lowest BCUT2D eigenvalue weighted by Crippen LogP contribution is -2.34. The molecule has 0 spiro atoms. The van der Waals surface area contributed by atoms with Crippen molar-refractivity contribution in [3.63, 3.8) is 0 Å². The van der Waals surface area contributed by atoms with E-state index in [0.29, 0.717) is 12.0 Å². The molecule has 5 nitrogen and oxygen atoms in total.